The summed E-state index contributed by atoms with van der Waals surface area (Å²) in [6, 6.07) is 13.5. The van der Waals surface area contributed by atoms with Gasteiger partial charge >= 0.3 is 5.97 Å². The third-order valence-corrected chi connectivity index (χ3v) is 3.95. The van der Waals surface area contributed by atoms with Crippen LogP contribution >= 0.6 is 0 Å². The first-order valence-corrected chi connectivity index (χ1v) is 7.68. The summed E-state index contributed by atoms with van der Waals surface area (Å²) in [5.74, 6) is 0.154. The fraction of sp³-hybridized carbons (Fsp3) is 0.0526. The molecule has 2 N–H and O–H groups in total. The van der Waals surface area contributed by atoms with Crippen LogP contribution in [0.3, 0.4) is 0 Å². The lowest BCUT2D eigenvalue weighted by Gasteiger charge is -2.25. The molecule has 3 heterocycles. The number of furan rings is 2. The molecule has 4 rings (SSSR count). The lowest BCUT2D eigenvalue weighted by Crippen LogP contribution is -2.21. The van der Waals surface area contributed by atoms with Crippen LogP contribution in [0.4, 0.5) is 0 Å². The van der Waals surface area contributed by atoms with E-state index in [1.54, 1.807) is 30.3 Å². The van der Waals surface area contributed by atoms with Crippen molar-refractivity contribution in [2.24, 2.45) is 5.73 Å². The molecule has 128 valence electrons. The molecule has 0 bridgehead atoms. The monoisotopic (exact) mass is 348 g/mol. The number of nitrogens with two attached hydrogens (primary N) is 1. The second-order valence-corrected chi connectivity index (χ2v) is 5.51. The van der Waals surface area contributed by atoms with E-state index in [1.165, 1.54) is 24.7 Å². The number of rotatable bonds is 3. The number of fused-ring (bicyclic) bond motifs is 1. The van der Waals surface area contributed by atoms with Crippen molar-refractivity contribution in [1.82, 2.24) is 0 Å². The molecule has 0 fully saturated rings. The van der Waals surface area contributed by atoms with Crippen molar-refractivity contribution in [2.75, 3.05) is 0 Å². The van der Waals surface area contributed by atoms with Gasteiger partial charge < -0.3 is 24.0 Å². The molecule has 1 atom stereocenters. The van der Waals surface area contributed by atoms with Crippen LogP contribution in [0.2, 0.25) is 0 Å². The standard InChI is InChI=1S/C19H12N2O5/c20-10-13-17(14-3-1-7-23-14)12-6-5-11(9-16(12)26-18(13)21)25-19(22)15-4-2-8-24-15/h1-9,17H,21H2. The van der Waals surface area contributed by atoms with Crippen LogP contribution in [0.15, 0.2) is 75.3 Å². The third-order valence-electron chi connectivity index (χ3n) is 3.95. The van der Waals surface area contributed by atoms with Crippen molar-refractivity contribution >= 4 is 5.97 Å². The van der Waals surface area contributed by atoms with E-state index in [9.17, 15) is 10.1 Å². The van der Waals surface area contributed by atoms with Crippen LogP contribution in [0.25, 0.3) is 0 Å². The number of carbonyl (C=O) groups is 1. The predicted molar refractivity (Wildman–Crippen MR) is 88.1 cm³/mol. The fourth-order valence-corrected chi connectivity index (χ4v) is 2.80. The summed E-state index contributed by atoms with van der Waals surface area (Å²) >= 11 is 0. The van der Waals surface area contributed by atoms with E-state index in [-0.39, 0.29) is 23.0 Å². The largest absolute Gasteiger partial charge is 0.468 e. The Labute approximate surface area is 147 Å². The van der Waals surface area contributed by atoms with Gasteiger partial charge in [-0.2, -0.15) is 5.26 Å². The molecule has 0 saturated heterocycles. The van der Waals surface area contributed by atoms with Crippen molar-refractivity contribution in [2.45, 2.75) is 5.92 Å². The minimum Gasteiger partial charge on any atom is -0.468 e. The maximum atomic E-state index is 12.0. The molecule has 2 aromatic heterocycles. The summed E-state index contributed by atoms with van der Waals surface area (Å²) in [5.41, 5.74) is 6.84. The first-order chi connectivity index (χ1) is 12.7. The van der Waals surface area contributed by atoms with Gasteiger partial charge in [0.15, 0.2) is 0 Å². The summed E-state index contributed by atoms with van der Waals surface area (Å²) in [4.78, 5) is 12.0. The Morgan fingerprint density at radius 3 is 2.65 bits per heavy atom. The van der Waals surface area contributed by atoms with Gasteiger partial charge in [0, 0.05) is 11.6 Å². The van der Waals surface area contributed by atoms with Gasteiger partial charge in [0.05, 0.1) is 18.4 Å². The Morgan fingerprint density at radius 2 is 1.96 bits per heavy atom. The first-order valence-electron chi connectivity index (χ1n) is 7.68. The van der Waals surface area contributed by atoms with Gasteiger partial charge in [-0.05, 0) is 30.3 Å². The fourth-order valence-electron chi connectivity index (χ4n) is 2.80. The maximum absolute atomic E-state index is 12.0. The number of hydrogen-bond donors (Lipinski definition) is 1. The van der Waals surface area contributed by atoms with E-state index in [2.05, 4.69) is 6.07 Å². The molecule has 0 aliphatic carbocycles. The average Bonchev–Trinajstić information content (AvgIpc) is 3.34. The van der Waals surface area contributed by atoms with Gasteiger partial charge in [0.1, 0.15) is 28.9 Å². The van der Waals surface area contributed by atoms with Crippen molar-refractivity contribution in [3.05, 3.63) is 83.5 Å². The Morgan fingerprint density at radius 1 is 1.15 bits per heavy atom. The Balaban J connectivity index is 1.70. The van der Waals surface area contributed by atoms with Gasteiger partial charge in [-0.3, -0.25) is 0 Å². The highest BCUT2D eigenvalue weighted by Crippen LogP contribution is 2.43. The molecule has 0 spiro atoms. The van der Waals surface area contributed by atoms with Gasteiger partial charge in [-0.15, -0.1) is 0 Å². The van der Waals surface area contributed by atoms with Crippen molar-refractivity contribution in [3.8, 4) is 17.6 Å². The molecule has 1 aliphatic heterocycles. The quantitative estimate of drug-likeness (QED) is 0.571. The molecule has 1 aliphatic rings. The lowest BCUT2D eigenvalue weighted by atomic mass is 9.87. The van der Waals surface area contributed by atoms with Crippen LogP contribution in [-0.2, 0) is 0 Å². The van der Waals surface area contributed by atoms with E-state index in [0.717, 1.165) is 0 Å². The number of nitriles is 1. The molecule has 26 heavy (non-hydrogen) atoms. The number of hydrogen-bond acceptors (Lipinski definition) is 7. The first kappa shape index (κ1) is 15.6. The maximum Gasteiger partial charge on any atom is 0.379 e. The summed E-state index contributed by atoms with van der Waals surface area (Å²) < 4.78 is 21.3. The van der Waals surface area contributed by atoms with Gasteiger partial charge in [-0.25, -0.2) is 4.79 Å². The van der Waals surface area contributed by atoms with Crippen LogP contribution < -0.4 is 15.2 Å². The smallest absolute Gasteiger partial charge is 0.379 e. The topological polar surface area (TPSA) is 112 Å². The van der Waals surface area contributed by atoms with Crippen LogP contribution in [0.5, 0.6) is 11.5 Å². The molecule has 7 nitrogen and oxygen atoms in total. The number of allylic oxidation sites excluding steroid dienone is 1. The molecule has 7 heteroatoms. The van der Waals surface area contributed by atoms with Crippen molar-refractivity contribution in [3.63, 3.8) is 0 Å². The number of nitrogens with zero attached hydrogens (tertiary/aromatic N) is 1. The highest BCUT2D eigenvalue weighted by molar-refractivity contribution is 5.88. The highest BCUT2D eigenvalue weighted by atomic mass is 16.5. The minimum atomic E-state index is -0.630. The second kappa shape index (κ2) is 6.18. The number of benzene rings is 1. The van der Waals surface area contributed by atoms with E-state index in [1.807, 2.05) is 0 Å². The molecule has 1 unspecified atom stereocenters. The van der Waals surface area contributed by atoms with E-state index in [4.69, 9.17) is 24.0 Å². The molecule has 3 aromatic rings. The van der Waals surface area contributed by atoms with Gasteiger partial charge in [-0.1, -0.05) is 6.07 Å². The third kappa shape index (κ3) is 2.59. The normalized spacial score (nSPS) is 15.7. The summed E-state index contributed by atoms with van der Waals surface area (Å²) in [5, 5.41) is 9.45. The zero-order valence-electron chi connectivity index (χ0n) is 13.3. The summed E-state index contributed by atoms with van der Waals surface area (Å²) in [7, 11) is 0. The molecular weight excluding hydrogens is 336 g/mol. The Kier molecular flexibility index (Phi) is 3.71. The predicted octanol–water partition coefficient (Wildman–Crippen LogP) is 3.31. The van der Waals surface area contributed by atoms with Crippen molar-refractivity contribution in [1.29, 1.82) is 5.26 Å². The zero-order valence-corrected chi connectivity index (χ0v) is 13.3. The SMILES string of the molecule is N#CC1=C(N)Oc2cc(OC(=O)c3ccco3)ccc2C1c1ccco1. The molecule has 0 radical (unpaired) electrons. The van der Waals surface area contributed by atoms with E-state index in [0.29, 0.717) is 17.1 Å². The second-order valence-electron chi connectivity index (χ2n) is 5.51. The van der Waals surface area contributed by atoms with Crippen LogP contribution in [0.1, 0.15) is 27.8 Å². The molecular formula is C19H12N2O5. The Hall–Kier alpha value is -3.92. The average molecular weight is 348 g/mol. The highest BCUT2D eigenvalue weighted by Gasteiger charge is 2.32. The van der Waals surface area contributed by atoms with Gasteiger partial charge in [0.25, 0.3) is 0 Å². The lowest BCUT2D eigenvalue weighted by molar-refractivity contribution is 0.0701. The number of ether oxygens (including phenoxy) is 2. The minimum absolute atomic E-state index is 0.0177. The van der Waals surface area contributed by atoms with Crippen LogP contribution in [0, 0.1) is 11.3 Å². The molecule has 0 saturated carbocycles. The number of carbonyl (C=O) groups excluding carboxylic acids is 1. The zero-order chi connectivity index (χ0) is 18.1. The summed E-state index contributed by atoms with van der Waals surface area (Å²) in [6.45, 7) is 0. The van der Waals surface area contributed by atoms with Crippen LogP contribution in [-0.4, -0.2) is 5.97 Å². The summed E-state index contributed by atoms with van der Waals surface area (Å²) in [6.07, 6.45) is 2.91. The van der Waals surface area contributed by atoms with E-state index >= 15 is 0 Å². The van der Waals surface area contributed by atoms with Gasteiger partial charge in [0.2, 0.25) is 11.6 Å². The number of esters is 1. The molecule has 0 amide bonds. The molecule has 1 aromatic carbocycles. The van der Waals surface area contributed by atoms with E-state index < -0.39 is 11.9 Å². The van der Waals surface area contributed by atoms with Crippen molar-refractivity contribution < 1.29 is 23.1 Å². The Bertz CT molecular complexity index is 1030.